The summed E-state index contributed by atoms with van der Waals surface area (Å²) in [5.74, 6) is -0.0961. The third-order valence-electron chi connectivity index (χ3n) is 2.96. The molecule has 1 heterocycles. The van der Waals surface area contributed by atoms with Crippen LogP contribution in [0.25, 0.3) is 0 Å². The van der Waals surface area contributed by atoms with Gasteiger partial charge >= 0.3 is 0 Å². The molecule has 1 aromatic carbocycles. The predicted octanol–water partition coefficient (Wildman–Crippen LogP) is 2.27. The first-order chi connectivity index (χ1) is 9.56. The lowest BCUT2D eigenvalue weighted by Crippen LogP contribution is -2.33. The molecule has 4 nitrogen and oxygen atoms in total. The van der Waals surface area contributed by atoms with Crippen LogP contribution in [-0.4, -0.2) is 22.4 Å². The summed E-state index contributed by atoms with van der Waals surface area (Å²) in [7, 11) is 1.73. The highest BCUT2D eigenvalue weighted by Gasteiger charge is 2.10. The zero-order chi connectivity index (χ0) is 14.5. The first-order valence-electron chi connectivity index (χ1n) is 6.20. The van der Waals surface area contributed by atoms with Crippen LogP contribution in [0, 0.1) is 0 Å². The minimum Gasteiger partial charge on any atom is -0.340 e. The molecule has 0 fully saturated rings. The maximum absolute atomic E-state index is 12.1. The van der Waals surface area contributed by atoms with Crippen molar-refractivity contribution in [1.82, 2.24) is 9.47 Å². The summed E-state index contributed by atoms with van der Waals surface area (Å²) >= 11 is 3.37. The summed E-state index contributed by atoms with van der Waals surface area (Å²) < 4.78 is 2.41. The summed E-state index contributed by atoms with van der Waals surface area (Å²) in [6.07, 6.45) is 1.62. The third-order valence-corrected chi connectivity index (χ3v) is 3.49. The molecule has 1 amide bonds. The summed E-state index contributed by atoms with van der Waals surface area (Å²) in [5.41, 5.74) is 0.877. The highest BCUT2D eigenvalue weighted by atomic mass is 79.9. The highest BCUT2D eigenvalue weighted by molar-refractivity contribution is 9.10. The average Bonchev–Trinajstić information content (AvgIpc) is 2.44. The molecule has 0 bridgehead atoms. The van der Waals surface area contributed by atoms with E-state index in [0.717, 1.165) is 10.0 Å². The van der Waals surface area contributed by atoms with Gasteiger partial charge in [0.1, 0.15) is 6.54 Å². The van der Waals surface area contributed by atoms with Crippen LogP contribution in [-0.2, 0) is 17.9 Å². The van der Waals surface area contributed by atoms with Gasteiger partial charge in [0.15, 0.2) is 0 Å². The number of hydrogen-bond donors (Lipinski definition) is 0. The molecule has 2 aromatic rings. The molecule has 0 saturated carbocycles. The van der Waals surface area contributed by atoms with E-state index < -0.39 is 0 Å². The number of carbonyl (C=O) groups excluding carboxylic acids is 1. The fourth-order valence-corrected chi connectivity index (χ4v) is 2.07. The number of pyridine rings is 1. The quantitative estimate of drug-likeness (QED) is 0.860. The van der Waals surface area contributed by atoms with Gasteiger partial charge in [-0.2, -0.15) is 0 Å². The molecule has 2 rings (SSSR count). The van der Waals surface area contributed by atoms with Gasteiger partial charge in [0.2, 0.25) is 5.91 Å². The number of nitrogens with zero attached hydrogens (tertiary/aromatic N) is 2. The lowest BCUT2D eigenvalue weighted by atomic mass is 10.2. The monoisotopic (exact) mass is 334 g/mol. The molecule has 104 valence electrons. The topological polar surface area (TPSA) is 42.3 Å². The van der Waals surface area contributed by atoms with Gasteiger partial charge in [-0.25, -0.2) is 0 Å². The summed E-state index contributed by atoms with van der Waals surface area (Å²) in [5, 5.41) is 0. The molecule has 0 unspecified atom stereocenters. The van der Waals surface area contributed by atoms with E-state index in [-0.39, 0.29) is 18.0 Å². The number of benzene rings is 1. The van der Waals surface area contributed by atoms with Crippen LogP contribution in [0.3, 0.4) is 0 Å². The Morgan fingerprint density at radius 2 is 1.90 bits per heavy atom. The zero-order valence-electron chi connectivity index (χ0n) is 11.1. The SMILES string of the molecule is CN(Cc1ccc(Br)cc1)C(=O)Cn1ccccc1=O. The fraction of sp³-hybridized carbons (Fsp3) is 0.200. The Labute approximate surface area is 125 Å². The Hall–Kier alpha value is -1.88. The number of rotatable bonds is 4. The number of likely N-dealkylation sites (N-methyl/N-ethyl adjacent to an activating group) is 1. The number of aromatic nitrogens is 1. The largest absolute Gasteiger partial charge is 0.340 e. The van der Waals surface area contributed by atoms with Crippen molar-refractivity contribution in [1.29, 1.82) is 0 Å². The number of halogens is 1. The van der Waals surface area contributed by atoms with Crippen molar-refractivity contribution in [3.63, 3.8) is 0 Å². The van der Waals surface area contributed by atoms with Gasteiger partial charge in [0.05, 0.1) is 0 Å². The van der Waals surface area contributed by atoms with Gasteiger partial charge in [-0.15, -0.1) is 0 Å². The van der Waals surface area contributed by atoms with Crippen LogP contribution in [0.1, 0.15) is 5.56 Å². The van der Waals surface area contributed by atoms with Gasteiger partial charge in [-0.1, -0.05) is 34.1 Å². The van der Waals surface area contributed by atoms with E-state index in [0.29, 0.717) is 6.54 Å². The zero-order valence-corrected chi connectivity index (χ0v) is 12.7. The molecule has 20 heavy (non-hydrogen) atoms. The third kappa shape index (κ3) is 3.81. The van der Waals surface area contributed by atoms with Gasteiger partial charge in [-0.3, -0.25) is 9.59 Å². The van der Waals surface area contributed by atoms with Crippen molar-refractivity contribution in [2.24, 2.45) is 0 Å². The van der Waals surface area contributed by atoms with Crippen LogP contribution in [0.4, 0.5) is 0 Å². The predicted molar refractivity (Wildman–Crippen MR) is 81.3 cm³/mol. The fourth-order valence-electron chi connectivity index (χ4n) is 1.81. The second-order valence-corrected chi connectivity index (χ2v) is 5.46. The first-order valence-corrected chi connectivity index (χ1v) is 6.99. The molecule has 0 spiro atoms. The first kappa shape index (κ1) is 14.5. The molecule has 0 aliphatic rings. The minimum atomic E-state index is -0.169. The smallest absolute Gasteiger partial charge is 0.250 e. The summed E-state index contributed by atoms with van der Waals surface area (Å²) in [6, 6.07) is 12.6. The molecule has 0 aliphatic heterocycles. The molecule has 5 heteroatoms. The van der Waals surface area contributed by atoms with Crippen molar-refractivity contribution in [3.8, 4) is 0 Å². The number of amides is 1. The van der Waals surface area contributed by atoms with Gasteiger partial charge in [0.25, 0.3) is 5.56 Å². The van der Waals surface area contributed by atoms with Crippen LogP contribution in [0.2, 0.25) is 0 Å². The summed E-state index contributed by atoms with van der Waals surface area (Å²) in [4.78, 5) is 25.3. The van der Waals surface area contributed by atoms with Crippen molar-refractivity contribution in [2.45, 2.75) is 13.1 Å². The Balaban J connectivity index is 2.00. The standard InChI is InChI=1S/C15H15BrN2O2/c1-17(10-12-5-7-13(16)8-6-12)15(20)11-18-9-3-2-4-14(18)19/h2-9H,10-11H2,1H3. The molecule has 0 atom stereocenters. The van der Waals surface area contributed by atoms with Gasteiger partial charge < -0.3 is 9.47 Å². The van der Waals surface area contributed by atoms with Crippen LogP contribution in [0.15, 0.2) is 57.9 Å². The average molecular weight is 335 g/mol. The van der Waals surface area contributed by atoms with Crippen LogP contribution in [0.5, 0.6) is 0 Å². The maximum Gasteiger partial charge on any atom is 0.250 e. The number of hydrogen-bond acceptors (Lipinski definition) is 2. The minimum absolute atomic E-state index is 0.0622. The lowest BCUT2D eigenvalue weighted by molar-refractivity contribution is -0.131. The lowest BCUT2D eigenvalue weighted by Gasteiger charge is -2.18. The van der Waals surface area contributed by atoms with Gasteiger partial charge in [-0.05, 0) is 23.8 Å². The van der Waals surface area contributed by atoms with E-state index in [1.165, 1.54) is 10.6 Å². The van der Waals surface area contributed by atoms with Crippen LogP contribution >= 0.6 is 15.9 Å². The molecule has 1 aromatic heterocycles. The van der Waals surface area contributed by atoms with Crippen molar-refractivity contribution >= 4 is 21.8 Å². The molecule has 0 radical (unpaired) electrons. The van der Waals surface area contributed by atoms with E-state index in [1.807, 2.05) is 24.3 Å². The molecular formula is C15H15BrN2O2. The van der Waals surface area contributed by atoms with Crippen molar-refractivity contribution in [2.75, 3.05) is 7.05 Å². The molecular weight excluding hydrogens is 320 g/mol. The van der Waals surface area contributed by atoms with E-state index in [9.17, 15) is 9.59 Å². The molecule has 0 aliphatic carbocycles. The van der Waals surface area contributed by atoms with Gasteiger partial charge in [0, 0.05) is 30.3 Å². The Kier molecular flexibility index (Phi) is 4.74. The van der Waals surface area contributed by atoms with E-state index >= 15 is 0 Å². The maximum atomic E-state index is 12.1. The summed E-state index contributed by atoms with van der Waals surface area (Å²) in [6.45, 7) is 0.584. The number of carbonyl (C=O) groups is 1. The van der Waals surface area contributed by atoms with E-state index in [1.54, 1.807) is 30.3 Å². The van der Waals surface area contributed by atoms with Crippen molar-refractivity contribution < 1.29 is 4.79 Å². The Morgan fingerprint density at radius 3 is 2.55 bits per heavy atom. The second kappa shape index (κ2) is 6.52. The van der Waals surface area contributed by atoms with Crippen molar-refractivity contribution in [3.05, 3.63) is 69.1 Å². The van der Waals surface area contributed by atoms with Crippen LogP contribution < -0.4 is 5.56 Å². The van der Waals surface area contributed by atoms with E-state index in [2.05, 4.69) is 15.9 Å². The Morgan fingerprint density at radius 1 is 1.20 bits per heavy atom. The molecule has 0 N–H and O–H groups in total. The highest BCUT2D eigenvalue weighted by Crippen LogP contribution is 2.11. The second-order valence-electron chi connectivity index (χ2n) is 4.54. The van der Waals surface area contributed by atoms with E-state index in [4.69, 9.17) is 0 Å². The normalized spacial score (nSPS) is 10.3. The Bertz CT molecular complexity index is 649. The molecule has 0 saturated heterocycles.